The molecule has 0 atom stereocenters. The molecule has 0 unspecified atom stereocenters. The fraction of sp³-hybridized carbons (Fsp3) is 0.250. The number of benzene rings is 2. The van der Waals surface area contributed by atoms with Gasteiger partial charge in [0, 0.05) is 17.5 Å². The van der Waals surface area contributed by atoms with E-state index in [9.17, 15) is 24.5 Å². The fourth-order valence-electron chi connectivity index (χ4n) is 2.19. The van der Waals surface area contributed by atoms with Crippen molar-refractivity contribution < 1.29 is 24.0 Å². The van der Waals surface area contributed by atoms with Gasteiger partial charge in [0.1, 0.15) is 0 Å². The van der Waals surface area contributed by atoms with Crippen molar-refractivity contribution in [2.75, 3.05) is 11.9 Å². The predicted octanol–water partition coefficient (Wildman–Crippen LogP) is 4.27. The molecule has 2 aromatic carbocycles. The Balaban J connectivity index is 2.18. The highest BCUT2D eigenvalue weighted by atomic mass is 35.5. The van der Waals surface area contributed by atoms with E-state index in [-0.39, 0.29) is 33.3 Å². The zero-order chi connectivity index (χ0) is 21.8. The molecule has 0 fully saturated rings. The lowest BCUT2D eigenvalue weighted by atomic mass is 9.91. The summed E-state index contributed by atoms with van der Waals surface area (Å²) in [6.45, 7) is 4.75. The van der Waals surface area contributed by atoms with Crippen molar-refractivity contribution in [1.82, 2.24) is 0 Å². The van der Waals surface area contributed by atoms with Gasteiger partial charge in [-0.15, -0.1) is 0 Å². The number of ketones is 1. The number of anilines is 1. The van der Waals surface area contributed by atoms with Gasteiger partial charge in [0.25, 0.3) is 11.6 Å². The van der Waals surface area contributed by atoms with E-state index in [2.05, 4.69) is 5.32 Å². The molecule has 2 aromatic rings. The summed E-state index contributed by atoms with van der Waals surface area (Å²) in [5, 5.41) is 13.2. The van der Waals surface area contributed by atoms with Crippen LogP contribution in [0.5, 0.6) is 0 Å². The predicted molar refractivity (Wildman–Crippen MR) is 107 cm³/mol. The van der Waals surface area contributed by atoms with E-state index in [4.69, 9.17) is 16.3 Å². The third kappa shape index (κ3) is 5.61. The van der Waals surface area contributed by atoms with E-state index in [0.717, 1.165) is 12.1 Å². The molecule has 29 heavy (non-hydrogen) atoms. The summed E-state index contributed by atoms with van der Waals surface area (Å²) < 4.78 is 5.07. The van der Waals surface area contributed by atoms with E-state index in [0.29, 0.717) is 0 Å². The largest absolute Gasteiger partial charge is 0.454 e. The molecular formula is C20H19ClN2O6. The molecule has 0 heterocycles. The van der Waals surface area contributed by atoms with Crippen molar-refractivity contribution in [1.29, 1.82) is 0 Å². The lowest BCUT2D eigenvalue weighted by molar-refractivity contribution is -0.384. The number of esters is 1. The lowest BCUT2D eigenvalue weighted by Crippen LogP contribution is -2.26. The minimum Gasteiger partial charge on any atom is -0.454 e. The minimum absolute atomic E-state index is 0.00310. The van der Waals surface area contributed by atoms with Gasteiger partial charge in [-0.1, -0.05) is 44.5 Å². The molecule has 0 radical (unpaired) electrons. The number of nitro benzene ring substituents is 1. The van der Waals surface area contributed by atoms with Crippen LogP contribution in [-0.2, 0) is 9.53 Å². The maximum absolute atomic E-state index is 12.5. The molecule has 0 aliphatic carbocycles. The molecule has 0 aliphatic heterocycles. The number of nitro groups is 1. The van der Waals surface area contributed by atoms with E-state index < -0.39 is 28.8 Å². The summed E-state index contributed by atoms with van der Waals surface area (Å²) >= 11 is 5.97. The Kier molecular flexibility index (Phi) is 6.71. The summed E-state index contributed by atoms with van der Waals surface area (Å²) in [6, 6.07) is 9.55. The number of carbonyl (C=O) groups is 3. The van der Waals surface area contributed by atoms with E-state index in [1.54, 1.807) is 32.9 Å². The van der Waals surface area contributed by atoms with Gasteiger partial charge in [0.05, 0.1) is 26.8 Å². The summed E-state index contributed by atoms with van der Waals surface area (Å²) in [4.78, 5) is 47.0. The van der Waals surface area contributed by atoms with Crippen LogP contribution < -0.4 is 5.32 Å². The van der Waals surface area contributed by atoms with Crippen molar-refractivity contribution in [3.8, 4) is 0 Å². The molecular weight excluding hydrogens is 400 g/mol. The molecule has 0 saturated carbocycles. The number of hydrogen-bond acceptors (Lipinski definition) is 6. The van der Waals surface area contributed by atoms with Crippen LogP contribution in [0, 0.1) is 15.5 Å². The van der Waals surface area contributed by atoms with E-state index in [1.807, 2.05) is 0 Å². The molecule has 0 spiro atoms. The summed E-state index contributed by atoms with van der Waals surface area (Å²) in [7, 11) is 0. The van der Waals surface area contributed by atoms with Crippen LogP contribution in [0.1, 0.15) is 41.5 Å². The van der Waals surface area contributed by atoms with Crippen molar-refractivity contribution in [2.45, 2.75) is 20.8 Å². The third-order valence-corrected chi connectivity index (χ3v) is 4.29. The van der Waals surface area contributed by atoms with Crippen molar-refractivity contribution in [3.63, 3.8) is 0 Å². The first-order valence-electron chi connectivity index (χ1n) is 8.55. The van der Waals surface area contributed by atoms with Gasteiger partial charge in [0.2, 0.25) is 0 Å². The van der Waals surface area contributed by atoms with Crippen LogP contribution in [0.25, 0.3) is 0 Å². The number of ether oxygens (including phenoxy) is 1. The first kappa shape index (κ1) is 22.0. The van der Waals surface area contributed by atoms with Gasteiger partial charge >= 0.3 is 5.97 Å². The monoisotopic (exact) mass is 418 g/mol. The van der Waals surface area contributed by atoms with Gasteiger partial charge in [-0.2, -0.15) is 0 Å². The number of para-hydroxylation sites is 1. The van der Waals surface area contributed by atoms with E-state index >= 15 is 0 Å². The number of Topliss-reactive ketones (excluding diaryl/α,β-unsaturated/α-hetero) is 1. The molecule has 2 rings (SSSR count). The topological polar surface area (TPSA) is 116 Å². The highest BCUT2D eigenvalue weighted by Crippen LogP contribution is 2.25. The number of halogens is 1. The lowest BCUT2D eigenvalue weighted by Gasteiger charge is -2.17. The second kappa shape index (κ2) is 8.83. The first-order chi connectivity index (χ1) is 13.5. The second-order valence-corrected chi connectivity index (χ2v) is 7.58. The second-order valence-electron chi connectivity index (χ2n) is 7.17. The number of nitrogens with zero attached hydrogens (tertiary/aromatic N) is 1. The van der Waals surface area contributed by atoms with E-state index in [1.165, 1.54) is 18.2 Å². The van der Waals surface area contributed by atoms with Crippen LogP contribution >= 0.6 is 11.6 Å². The molecule has 8 nitrogen and oxygen atoms in total. The van der Waals surface area contributed by atoms with Crippen molar-refractivity contribution in [3.05, 3.63) is 68.7 Å². The molecule has 152 valence electrons. The van der Waals surface area contributed by atoms with Gasteiger partial charge in [0.15, 0.2) is 12.4 Å². The third-order valence-electron chi connectivity index (χ3n) is 3.97. The zero-order valence-electron chi connectivity index (χ0n) is 16.0. The quantitative estimate of drug-likeness (QED) is 0.425. The van der Waals surface area contributed by atoms with Gasteiger partial charge < -0.3 is 10.1 Å². The molecule has 0 saturated heterocycles. The Bertz CT molecular complexity index is 981. The standard InChI is InChI=1S/C20H19ClN2O6/c1-20(2,3)17(24)11-29-19(26)14-6-4-5-7-16(14)22-18(25)13-9-8-12(23(27)28)10-15(13)21/h4-10H,11H2,1-3H3,(H,22,25). The van der Waals surface area contributed by atoms with Crippen LogP contribution in [0.4, 0.5) is 11.4 Å². The van der Waals surface area contributed by atoms with Crippen LogP contribution in [0.3, 0.4) is 0 Å². The van der Waals surface area contributed by atoms with Crippen molar-refractivity contribution >= 4 is 40.6 Å². The van der Waals surface area contributed by atoms with Crippen LogP contribution in [0.2, 0.25) is 5.02 Å². The normalized spacial score (nSPS) is 10.9. The number of carbonyl (C=O) groups excluding carboxylic acids is 3. The summed E-state index contributed by atoms with van der Waals surface area (Å²) in [5.74, 6) is -1.67. The summed E-state index contributed by atoms with van der Waals surface area (Å²) in [6.07, 6.45) is 0. The number of nitrogens with one attached hydrogen (secondary N) is 1. The number of amides is 1. The number of rotatable bonds is 6. The summed E-state index contributed by atoms with van der Waals surface area (Å²) in [5.41, 5.74) is -0.691. The molecule has 9 heteroatoms. The maximum atomic E-state index is 12.5. The fourth-order valence-corrected chi connectivity index (χ4v) is 2.45. The Morgan fingerprint density at radius 2 is 1.76 bits per heavy atom. The molecule has 0 bridgehead atoms. The Hall–Kier alpha value is -3.26. The molecule has 0 aliphatic rings. The van der Waals surface area contributed by atoms with Crippen molar-refractivity contribution in [2.24, 2.45) is 5.41 Å². The number of non-ortho nitro benzene ring substituents is 1. The maximum Gasteiger partial charge on any atom is 0.340 e. The average molecular weight is 419 g/mol. The molecule has 1 amide bonds. The van der Waals surface area contributed by atoms with Crippen LogP contribution in [0.15, 0.2) is 42.5 Å². The van der Waals surface area contributed by atoms with Gasteiger partial charge in [-0.3, -0.25) is 19.7 Å². The van der Waals surface area contributed by atoms with Crippen LogP contribution in [-0.4, -0.2) is 29.2 Å². The molecule has 0 aromatic heterocycles. The average Bonchev–Trinajstić information content (AvgIpc) is 2.65. The number of hydrogen-bond donors (Lipinski definition) is 1. The Labute approximate surface area is 172 Å². The van der Waals surface area contributed by atoms with Gasteiger partial charge in [-0.05, 0) is 18.2 Å². The minimum atomic E-state index is -0.770. The Morgan fingerprint density at radius 3 is 2.34 bits per heavy atom. The molecule has 1 N–H and O–H groups in total. The zero-order valence-corrected chi connectivity index (χ0v) is 16.8. The first-order valence-corrected chi connectivity index (χ1v) is 8.93. The highest BCUT2D eigenvalue weighted by Gasteiger charge is 2.24. The smallest absolute Gasteiger partial charge is 0.340 e. The van der Waals surface area contributed by atoms with Gasteiger partial charge in [-0.25, -0.2) is 4.79 Å². The SMILES string of the molecule is CC(C)(C)C(=O)COC(=O)c1ccccc1NC(=O)c1ccc([N+](=O)[O-])cc1Cl. The highest BCUT2D eigenvalue weighted by molar-refractivity contribution is 6.34. The Morgan fingerprint density at radius 1 is 1.10 bits per heavy atom.